The summed E-state index contributed by atoms with van der Waals surface area (Å²) in [4.78, 5) is 54.3. The van der Waals surface area contributed by atoms with E-state index in [4.69, 9.17) is 28.4 Å². The smallest absolute Gasteiger partial charge is 0.317 e. The molecule has 0 aliphatic carbocycles. The fraction of sp³-hybridized carbons (Fsp3) is 0.800. The van der Waals surface area contributed by atoms with Gasteiger partial charge in [-0.15, -0.1) is 0 Å². The van der Waals surface area contributed by atoms with Crippen molar-refractivity contribution in [2.45, 2.75) is 48.0 Å². The predicted octanol–water partition coefficient (Wildman–Crippen LogP) is 1.73. The summed E-state index contributed by atoms with van der Waals surface area (Å²) in [5.74, 6) is -1.97. The molecule has 0 radical (unpaired) electrons. The van der Waals surface area contributed by atoms with Crippen molar-refractivity contribution in [3.63, 3.8) is 0 Å². The second kappa shape index (κ2) is 23.4. The minimum Gasteiger partial charge on any atom is -0.468 e. The normalized spacial score (nSPS) is 13.0. The molecule has 0 spiro atoms. The van der Waals surface area contributed by atoms with Gasteiger partial charge in [0.2, 0.25) is 0 Å². The Morgan fingerprint density at radius 3 is 1.29 bits per heavy atom. The van der Waals surface area contributed by atoms with Crippen LogP contribution in [0.2, 0.25) is 0 Å². The monoisotopic (exact) mass is 554 g/mol. The minimum absolute atomic E-state index is 0.0327. The lowest BCUT2D eigenvalue weighted by molar-refractivity contribution is -0.166. The fourth-order valence-electron chi connectivity index (χ4n) is 2.45. The standard InChI is InChI=1S/C10H18O5.C9H16O5.C6H12O3/c1-5-14-9(12)10(3,6-13-4)7-15-8(2)11;1-7(10)14-6-9(2,5-12-3)8(11)13-4;1-6(7)9-5-3-4-8-2/h5-7H2,1-4H3;5-6H2,1-4H3;3-5H2,1-2H3. The van der Waals surface area contributed by atoms with Crippen molar-refractivity contribution in [2.24, 2.45) is 10.8 Å². The zero-order valence-electron chi connectivity index (χ0n) is 24.5. The van der Waals surface area contributed by atoms with Crippen molar-refractivity contribution >= 4 is 29.8 Å². The molecule has 0 N–H and O–H groups in total. The van der Waals surface area contributed by atoms with Crippen LogP contribution in [0.15, 0.2) is 0 Å². The Kier molecular flexibility index (Phi) is 24.4. The van der Waals surface area contributed by atoms with Gasteiger partial charge in [0, 0.05) is 55.1 Å². The predicted molar refractivity (Wildman–Crippen MR) is 135 cm³/mol. The van der Waals surface area contributed by atoms with Gasteiger partial charge in [-0.05, 0) is 20.8 Å². The summed E-state index contributed by atoms with van der Waals surface area (Å²) in [7, 11) is 5.85. The summed E-state index contributed by atoms with van der Waals surface area (Å²) in [5.41, 5.74) is -1.87. The van der Waals surface area contributed by atoms with Gasteiger partial charge in [0.05, 0.1) is 33.5 Å². The minimum atomic E-state index is -0.935. The number of hydrogen-bond acceptors (Lipinski definition) is 13. The molecule has 13 nitrogen and oxygen atoms in total. The van der Waals surface area contributed by atoms with Gasteiger partial charge in [0.15, 0.2) is 0 Å². The first-order valence-electron chi connectivity index (χ1n) is 11.8. The number of rotatable bonds is 15. The Labute approximate surface area is 225 Å². The highest BCUT2D eigenvalue weighted by molar-refractivity contribution is 5.78. The van der Waals surface area contributed by atoms with Crippen LogP contribution >= 0.6 is 0 Å². The van der Waals surface area contributed by atoms with E-state index in [0.29, 0.717) is 13.2 Å². The second-order valence-corrected chi connectivity index (χ2v) is 8.45. The summed E-state index contributed by atoms with van der Waals surface area (Å²) in [6.45, 7) is 10.6. The molecular weight excluding hydrogens is 508 g/mol. The lowest BCUT2D eigenvalue weighted by Crippen LogP contribution is -2.39. The molecule has 0 aliphatic heterocycles. The maximum absolute atomic E-state index is 11.6. The molecule has 0 saturated heterocycles. The van der Waals surface area contributed by atoms with E-state index in [1.165, 1.54) is 42.1 Å². The molecule has 0 rings (SSSR count). The van der Waals surface area contributed by atoms with Crippen LogP contribution in [0.1, 0.15) is 48.0 Å². The average molecular weight is 555 g/mol. The summed E-state index contributed by atoms with van der Waals surface area (Å²) >= 11 is 0. The Morgan fingerprint density at radius 1 is 0.553 bits per heavy atom. The third-order valence-corrected chi connectivity index (χ3v) is 4.36. The molecule has 224 valence electrons. The van der Waals surface area contributed by atoms with E-state index in [1.807, 2.05) is 0 Å². The number of ether oxygens (including phenoxy) is 8. The van der Waals surface area contributed by atoms with Crippen molar-refractivity contribution < 1.29 is 61.9 Å². The van der Waals surface area contributed by atoms with Gasteiger partial charge in [0.25, 0.3) is 0 Å². The molecule has 0 heterocycles. The van der Waals surface area contributed by atoms with E-state index >= 15 is 0 Å². The SMILES string of the molecule is CCOC(=O)C(C)(COC)COC(C)=O.COCC(C)(COC(C)=O)C(=O)OC.COCCCOC(C)=O. The number of hydrogen-bond donors (Lipinski definition) is 0. The van der Waals surface area contributed by atoms with E-state index in [2.05, 4.69) is 9.47 Å². The van der Waals surface area contributed by atoms with Gasteiger partial charge >= 0.3 is 29.8 Å². The van der Waals surface area contributed by atoms with Crippen LogP contribution in [0.4, 0.5) is 0 Å². The van der Waals surface area contributed by atoms with Crippen LogP contribution in [-0.4, -0.2) is 105 Å². The average Bonchev–Trinajstić information content (AvgIpc) is 2.85. The van der Waals surface area contributed by atoms with E-state index in [1.54, 1.807) is 27.9 Å². The van der Waals surface area contributed by atoms with E-state index in [9.17, 15) is 24.0 Å². The van der Waals surface area contributed by atoms with Gasteiger partial charge < -0.3 is 37.9 Å². The number of methoxy groups -OCH3 is 4. The quantitative estimate of drug-likeness (QED) is 0.164. The molecule has 0 bridgehead atoms. The highest BCUT2D eigenvalue weighted by Gasteiger charge is 2.37. The Bertz CT molecular complexity index is 695. The molecule has 2 atom stereocenters. The molecule has 0 aromatic rings. The Hall–Kier alpha value is -2.77. The molecule has 0 aromatic heterocycles. The number of esters is 5. The van der Waals surface area contributed by atoms with Crippen LogP contribution < -0.4 is 0 Å². The summed E-state index contributed by atoms with van der Waals surface area (Å²) in [6, 6.07) is 0. The third-order valence-electron chi connectivity index (χ3n) is 4.36. The largest absolute Gasteiger partial charge is 0.468 e. The summed E-state index contributed by atoms with van der Waals surface area (Å²) < 4.78 is 38.2. The van der Waals surface area contributed by atoms with Gasteiger partial charge in [0.1, 0.15) is 24.0 Å². The van der Waals surface area contributed by atoms with E-state index < -0.39 is 34.7 Å². The van der Waals surface area contributed by atoms with E-state index in [0.717, 1.165) is 6.42 Å². The van der Waals surface area contributed by atoms with Gasteiger partial charge in [-0.3, -0.25) is 24.0 Å². The molecule has 38 heavy (non-hydrogen) atoms. The van der Waals surface area contributed by atoms with Crippen LogP contribution in [0.25, 0.3) is 0 Å². The third kappa shape index (κ3) is 21.3. The molecule has 0 amide bonds. The Morgan fingerprint density at radius 2 is 0.974 bits per heavy atom. The van der Waals surface area contributed by atoms with Crippen molar-refractivity contribution in [3.8, 4) is 0 Å². The number of carbonyl (C=O) groups excluding carboxylic acids is 5. The first-order chi connectivity index (χ1) is 17.7. The summed E-state index contributed by atoms with van der Waals surface area (Å²) in [6.07, 6.45) is 0.774. The maximum atomic E-state index is 11.6. The maximum Gasteiger partial charge on any atom is 0.317 e. The first-order valence-corrected chi connectivity index (χ1v) is 11.8. The Balaban J connectivity index is -0.000000499. The second-order valence-electron chi connectivity index (χ2n) is 8.45. The zero-order valence-corrected chi connectivity index (χ0v) is 24.5. The molecule has 13 heteroatoms. The molecule has 0 aromatic carbocycles. The highest BCUT2D eigenvalue weighted by Crippen LogP contribution is 2.20. The molecular formula is C25H46O13. The van der Waals surface area contributed by atoms with Crippen LogP contribution in [0, 0.1) is 10.8 Å². The van der Waals surface area contributed by atoms with E-state index in [-0.39, 0.29) is 39.0 Å². The van der Waals surface area contributed by atoms with Crippen molar-refractivity contribution in [3.05, 3.63) is 0 Å². The molecule has 0 aliphatic rings. The van der Waals surface area contributed by atoms with Gasteiger partial charge in [-0.25, -0.2) is 0 Å². The summed E-state index contributed by atoms with van der Waals surface area (Å²) in [5, 5.41) is 0. The first kappa shape index (κ1) is 39.7. The van der Waals surface area contributed by atoms with Gasteiger partial charge in [-0.1, -0.05) is 0 Å². The van der Waals surface area contributed by atoms with Crippen molar-refractivity contribution in [2.75, 3.05) is 74.7 Å². The topological polar surface area (TPSA) is 159 Å². The van der Waals surface area contributed by atoms with Gasteiger partial charge in [-0.2, -0.15) is 0 Å². The van der Waals surface area contributed by atoms with Crippen LogP contribution in [-0.2, 0) is 61.9 Å². The fourth-order valence-corrected chi connectivity index (χ4v) is 2.45. The molecule has 0 saturated carbocycles. The highest BCUT2D eigenvalue weighted by atomic mass is 16.6. The van der Waals surface area contributed by atoms with Crippen molar-refractivity contribution in [1.29, 1.82) is 0 Å². The van der Waals surface area contributed by atoms with Crippen LogP contribution in [0.5, 0.6) is 0 Å². The molecule has 2 unspecified atom stereocenters. The lowest BCUT2D eigenvalue weighted by Gasteiger charge is -2.25. The lowest BCUT2D eigenvalue weighted by atomic mass is 9.93. The van der Waals surface area contributed by atoms with Crippen molar-refractivity contribution in [1.82, 2.24) is 0 Å². The zero-order chi connectivity index (χ0) is 30.2. The number of carbonyl (C=O) groups is 5. The molecule has 0 fully saturated rings. The van der Waals surface area contributed by atoms with Crippen LogP contribution in [0.3, 0.4) is 0 Å².